The first-order chi connectivity index (χ1) is 15.4. The van der Waals surface area contributed by atoms with E-state index in [0.717, 1.165) is 56.2 Å². The highest BCUT2D eigenvalue weighted by molar-refractivity contribution is 7.13. The third kappa shape index (κ3) is 9.74. The number of aryl methyl sites for hydroxylation is 1. The molecule has 0 amide bonds. The number of aliphatic hydroxyl groups excluding tert-OH is 1. The Kier molecular flexibility index (Phi) is 16.7. The molecule has 1 aromatic heterocycles. The molecule has 3 atom stereocenters. The van der Waals surface area contributed by atoms with Crippen molar-refractivity contribution >= 4 is 17.3 Å². The number of carboxylic acid groups (broad SMARTS) is 1. The van der Waals surface area contributed by atoms with Crippen LogP contribution in [0.2, 0.25) is 0 Å². The van der Waals surface area contributed by atoms with Crippen molar-refractivity contribution in [2.75, 3.05) is 0 Å². The summed E-state index contributed by atoms with van der Waals surface area (Å²) in [5.41, 5.74) is 0.176. The van der Waals surface area contributed by atoms with Crippen LogP contribution >= 0.6 is 11.3 Å². The quantitative estimate of drug-likeness (QED) is 0.375. The largest absolute Gasteiger partial charge is 0.477 e. The smallest absolute Gasteiger partial charge is 0.345 e. The number of allylic oxidation sites excluding steroid dienone is 1. The summed E-state index contributed by atoms with van der Waals surface area (Å²) in [5.74, 6) is -0.710. The average molecular weight is 471 g/mol. The summed E-state index contributed by atoms with van der Waals surface area (Å²) >= 11 is 1.37. The van der Waals surface area contributed by atoms with E-state index in [1.54, 1.807) is 6.07 Å². The number of hydrogen-bond donors (Lipinski definition) is 2. The van der Waals surface area contributed by atoms with Gasteiger partial charge in [0.2, 0.25) is 0 Å². The maximum Gasteiger partial charge on any atom is 0.345 e. The number of carboxylic acids is 1. The first kappa shape index (κ1) is 30.8. The van der Waals surface area contributed by atoms with Crippen molar-refractivity contribution in [1.82, 2.24) is 0 Å². The Hall–Kier alpha value is -1.20. The minimum atomic E-state index is -0.822. The molecular formula is C27H47FO3S. The fourth-order valence-electron chi connectivity index (χ4n) is 4.22. The number of hydrogen-bond acceptors (Lipinski definition) is 3. The zero-order chi connectivity index (χ0) is 24.6. The fourth-order valence-corrected chi connectivity index (χ4v) is 5.17. The fraction of sp³-hybridized carbons (Fsp3) is 0.741. The molecule has 3 nitrogen and oxygen atoms in total. The molecule has 2 aliphatic carbocycles. The third-order valence-corrected chi connectivity index (χ3v) is 7.49. The molecule has 1 heterocycles. The Morgan fingerprint density at radius 3 is 2.25 bits per heavy atom. The molecule has 1 aromatic rings. The van der Waals surface area contributed by atoms with Gasteiger partial charge in [-0.15, -0.1) is 11.3 Å². The van der Waals surface area contributed by atoms with Gasteiger partial charge in [-0.2, -0.15) is 0 Å². The normalized spacial score (nSPS) is 21.8. The molecule has 2 fully saturated rings. The topological polar surface area (TPSA) is 57.5 Å². The lowest BCUT2D eigenvalue weighted by Gasteiger charge is -2.45. The van der Waals surface area contributed by atoms with E-state index < -0.39 is 12.1 Å². The number of rotatable bonds is 8. The minimum Gasteiger partial charge on any atom is -0.477 e. The lowest BCUT2D eigenvalue weighted by molar-refractivity contribution is -0.0355. The van der Waals surface area contributed by atoms with E-state index in [-0.39, 0.29) is 17.4 Å². The van der Waals surface area contributed by atoms with E-state index in [1.165, 1.54) is 17.8 Å². The lowest BCUT2D eigenvalue weighted by Crippen LogP contribution is -2.40. The summed E-state index contributed by atoms with van der Waals surface area (Å²) in [6, 6.07) is 3.55. The highest BCUT2D eigenvalue weighted by atomic mass is 32.1. The third-order valence-electron chi connectivity index (χ3n) is 6.35. The molecule has 0 aromatic carbocycles. The molecule has 2 saturated carbocycles. The van der Waals surface area contributed by atoms with Crippen LogP contribution in [0.15, 0.2) is 24.3 Å². The molecule has 3 rings (SSSR count). The standard InChI is InChI=1S/C15H25FO.C8H10O2S.2C2H6/c1-2-15(10-5-11-15)14(17)9-4-7-12-6-3-8-13(12)16;1-2-3-6-4-5-7(11-6)8(9)10;2*1-2/h4,7,12-14,17H,2-3,5-6,8-11H2,1H3;4-5H,2-3H2,1H3,(H,9,10);2*1-2H3/b7-4+;;;/t12-,13-,14?;;;/m0.../s1. The van der Waals surface area contributed by atoms with Crippen molar-refractivity contribution in [3.8, 4) is 0 Å². The van der Waals surface area contributed by atoms with Crippen LogP contribution in [0, 0.1) is 11.3 Å². The lowest BCUT2D eigenvalue weighted by atomic mass is 9.63. The van der Waals surface area contributed by atoms with Crippen LogP contribution in [0.1, 0.15) is 114 Å². The van der Waals surface area contributed by atoms with E-state index in [4.69, 9.17) is 5.11 Å². The molecule has 2 N–H and O–H groups in total. The number of aliphatic hydroxyl groups is 1. The number of carbonyl (C=O) groups is 1. The number of halogens is 1. The van der Waals surface area contributed by atoms with Crippen molar-refractivity contribution in [2.24, 2.45) is 11.3 Å². The summed E-state index contributed by atoms with van der Waals surface area (Å²) in [6.45, 7) is 12.3. The highest BCUT2D eigenvalue weighted by Gasteiger charge is 2.41. The van der Waals surface area contributed by atoms with Gasteiger partial charge in [0, 0.05) is 10.8 Å². The summed E-state index contributed by atoms with van der Waals surface area (Å²) in [5, 5.41) is 18.8. The van der Waals surface area contributed by atoms with Gasteiger partial charge in [0.15, 0.2) is 0 Å². The van der Waals surface area contributed by atoms with Gasteiger partial charge < -0.3 is 10.2 Å². The predicted octanol–water partition coefficient (Wildman–Crippen LogP) is 8.46. The summed E-state index contributed by atoms with van der Waals surface area (Å²) < 4.78 is 13.4. The first-order valence-electron chi connectivity index (χ1n) is 12.7. The first-order valence-corrected chi connectivity index (χ1v) is 13.5. The molecule has 1 unspecified atom stereocenters. The van der Waals surface area contributed by atoms with Crippen LogP contribution in [0.5, 0.6) is 0 Å². The van der Waals surface area contributed by atoms with Gasteiger partial charge in [-0.3, -0.25) is 0 Å². The predicted molar refractivity (Wildman–Crippen MR) is 137 cm³/mol. The molecule has 32 heavy (non-hydrogen) atoms. The Morgan fingerprint density at radius 1 is 1.19 bits per heavy atom. The van der Waals surface area contributed by atoms with Crippen LogP contribution < -0.4 is 0 Å². The van der Waals surface area contributed by atoms with Crippen molar-refractivity contribution in [3.63, 3.8) is 0 Å². The monoisotopic (exact) mass is 470 g/mol. The second-order valence-corrected chi connectivity index (χ2v) is 9.35. The van der Waals surface area contributed by atoms with Crippen molar-refractivity contribution in [3.05, 3.63) is 34.0 Å². The van der Waals surface area contributed by atoms with Gasteiger partial charge in [0.1, 0.15) is 11.0 Å². The summed E-state index contributed by atoms with van der Waals surface area (Å²) in [6.07, 6.45) is 13.3. The minimum absolute atomic E-state index is 0.112. The van der Waals surface area contributed by atoms with E-state index >= 15 is 0 Å². The van der Waals surface area contributed by atoms with Crippen LogP contribution in [-0.2, 0) is 6.42 Å². The van der Waals surface area contributed by atoms with Crippen molar-refractivity contribution in [2.45, 2.75) is 118 Å². The van der Waals surface area contributed by atoms with Gasteiger partial charge in [-0.1, -0.05) is 66.5 Å². The molecular weight excluding hydrogens is 423 g/mol. The molecule has 0 spiro atoms. The Bertz CT molecular complexity index is 631. The van der Waals surface area contributed by atoms with Crippen LogP contribution in [-0.4, -0.2) is 28.5 Å². The van der Waals surface area contributed by atoms with Gasteiger partial charge in [0.25, 0.3) is 0 Å². The van der Waals surface area contributed by atoms with E-state index in [9.17, 15) is 14.3 Å². The summed E-state index contributed by atoms with van der Waals surface area (Å²) in [7, 11) is 0. The highest BCUT2D eigenvalue weighted by Crippen LogP contribution is 2.47. The molecule has 186 valence electrons. The molecule has 0 bridgehead atoms. The van der Waals surface area contributed by atoms with E-state index in [1.807, 2.05) is 45.9 Å². The maximum atomic E-state index is 13.4. The second kappa shape index (κ2) is 17.3. The van der Waals surface area contributed by atoms with Gasteiger partial charge in [0.05, 0.1) is 6.10 Å². The van der Waals surface area contributed by atoms with Crippen molar-refractivity contribution in [1.29, 1.82) is 0 Å². The van der Waals surface area contributed by atoms with E-state index in [0.29, 0.717) is 11.3 Å². The van der Waals surface area contributed by atoms with Crippen LogP contribution in [0.4, 0.5) is 4.39 Å². The van der Waals surface area contributed by atoms with Crippen LogP contribution in [0.3, 0.4) is 0 Å². The van der Waals surface area contributed by atoms with Crippen LogP contribution in [0.25, 0.3) is 0 Å². The van der Waals surface area contributed by atoms with Gasteiger partial charge in [-0.05, 0) is 68.9 Å². The number of aromatic carboxylic acids is 1. The SMILES string of the molecule is CC.CC.CCC1(C(O)C/C=C/[C@@H]2CCC[C@@H]2F)CCC1.CCCc1ccc(C(=O)O)s1. The number of thiophene rings is 1. The average Bonchev–Trinajstić information content (AvgIpc) is 3.41. The molecule has 2 aliphatic rings. The zero-order valence-electron chi connectivity index (χ0n) is 21.2. The molecule has 0 saturated heterocycles. The van der Waals surface area contributed by atoms with Gasteiger partial charge in [-0.25, -0.2) is 9.18 Å². The zero-order valence-corrected chi connectivity index (χ0v) is 22.0. The molecule has 0 aliphatic heterocycles. The van der Waals surface area contributed by atoms with E-state index in [2.05, 4.69) is 13.8 Å². The van der Waals surface area contributed by atoms with Gasteiger partial charge >= 0.3 is 5.97 Å². The second-order valence-electron chi connectivity index (χ2n) is 8.18. The Balaban J connectivity index is 0.000000555. The maximum absolute atomic E-state index is 13.4. The summed E-state index contributed by atoms with van der Waals surface area (Å²) in [4.78, 5) is 12.0. The number of alkyl halides is 1. The molecule has 5 heteroatoms. The Labute approximate surface area is 200 Å². The Morgan fingerprint density at radius 2 is 1.84 bits per heavy atom. The van der Waals surface area contributed by atoms with Crippen molar-refractivity contribution < 1.29 is 19.4 Å². The molecule has 0 radical (unpaired) electrons.